The van der Waals surface area contributed by atoms with E-state index in [2.05, 4.69) is 71.3 Å². The lowest BCUT2D eigenvalue weighted by Gasteiger charge is -2.15. The van der Waals surface area contributed by atoms with E-state index in [1.165, 1.54) is 4.57 Å². The summed E-state index contributed by atoms with van der Waals surface area (Å²) in [6, 6.07) is 47.6. The van der Waals surface area contributed by atoms with Crippen LogP contribution in [0.3, 0.4) is 0 Å². The summed E-state index contributed by atoms with van der Waals surface area (Å²) in [5, 5.41) is 3.22. The Morgan fingerprint density at radius 3 is 1.68 bits per heavy atom. The van der Waals surface area contributed by atoms with Gasteiger partial charge in [0, 0.05) is 16.5 Å². The van der Waals surface area contributed by atoms with Crippen molar-refractivity contribution in [1.82, 2.24) is 18.5 Å². The third-order valence-corrected chi connectivity index (χ3v) is 8.66. The second-order valence-corrected chi connectivity index (χ2v) is 11.2. The lowest BCUT2D eigenvalue weighted by molar-refractivity contribution is 0.942. The number of para-hydroxylation sites is 4. The van der Waals surface area contributed by atoms with Gasteiger partial charge in [-0.15, -0.1) is 0 Å². The quantitative estimate of drug-likeness (QED) is 0.148. The highest BCUT2D eigenvalue weighted by atomic mass is 16.1. The van der Waals surface area contributed by atoms with E-state index in [1.807, 2.05) is 80.6 Å². The monoisotopic (exact) mass is 610 g/mol. The number of fused-ring (bicyclic) bond motifs is 7. The van der Waals surface area contributed by atoms with Crippen LogP contribution in [0, 0.1) is 0 Å². The van der Waals surface area contributed by atoms with E-state index < -0.39 is 0 Å². The Labute approximate surface area is 270 Å². The Morgan fingerprint density at radius 2 is 0.979 bits per heavy atom. The van der Waals surface area contributed by atoms with E-state index in [-0.39, 0.29) is 16.9 Å². The van der Waals surface area contributed by atoms with Crippen LogP contribution in [-0.4, -0.2) is 18.5 Å². The maximum absolute atomic E-state index is 14.3. The van der Waals surface area contributed by atoms with E-state index in [0.29, 0.717) is 27.5 Å². The largest absolute Gasteiger partial charge is 0.309 e. The van der Waals surface area contributed by atoms with Crippen LogP contribution in [0.25, 0.3) is 71.9 Å². The van der Waals surface area contributed by atoms with Crippen molar-refractivity contribution in [2.24, 2.45) is 0 Å². The fraction of sp³-hybridized carbons (Fsp3) is 0.0488. The third kappa shape index (κ3) is 4.37. The highest BCUT2D eigenvalue weighted by Gasteiger charge is 2.18. The highest BCUT2D eigenvalue weighted by Crippen LogP contribution is 2.35. The van der Waals surface area contributed by atoms with Crippen molar-refractivity contribution >= 4 is 49.4 Å². The lowest BCUT2D eigenvalue weighted by atomic mass is 10.0. The van der Waals surface area contributed by atoms with Crippen molar-refractivity contribution in [2.75, 3.05) is 0 Å². The van der Waals surface area contributed by atoms with Crippen molar-refractivity contribution in [3.63, 3.8) is 0 Å². The Bertz CT molecular complexity index is 2740. The molecule has 0 N–H and O–H groups in total. The molecule has 0 spiro atoms. The molecule has 0 saturated heterocycles. The van der Waals surface area contributed by atoms with Crippen molar-refractivity contribution in [3.8, 4) is 22.5 Å². The second kappa shape index (κ2) is 11.3. The predicted molar refractivity (Wildman–Crippen MR) is 193 cm³/mol. The summed E-state index contributed by atoms with van der Waals surface area (Å²) >= 11 is 0. The summed E-state index contributed by atoms with van der Waals surface area (Å²) in [5.41, 5.74) is 6.47. The molecule has 3 heterocycles. The molecule has 0 amide bonds. The molecule has 0 atom stereocenters. The highest BCUT2D eigenvalue weighted by molar-refractivity contribution is 6.10. The van der Waals surface area contributed by atoms with Gasteiger partial charge in [-0.1, -0.05) is 92.7 Å². The summed E-state index contributed by atoms with van der Waals surface area (Å²) < 4.78 is 5.38. The minimum atomic E-state index is -0.234. The molecule has 0 bridgehead atoms. The molecule has 0 fully saturated rings. The Kier molecular flexibility index (Phi) is 6.76. The zero-order valence-corrected chi connectivity index (χ0v) is 26.0. The molecule has 6 aromatic carbocycles. The summed E-state index contributed by atoms with van der Waals surface area (Å²) in [4.78, 5) is 33.1. The average molecular weight is 611 g/mol. The van der Waals surface area contributed by atoms with Gasteiger partial charge in [-0.3, -0.25) is 9.59 Å². The number of hydrogen-bond donors (Lipinski definition) is 0. The molecule has 9 rings (SSSR count). The van der Waals surface area contributed by atoms with Gasteiger partial charge in [0.2, 0.25) is 5.78 Å². The van der Waals surface area contributed by atoms with Gasteiger partial charge in [0.1, 0.15) is 0 Å². The van der Waals surface area contributed by atoms with Crippen molar-refractivity contribution in [1.29, 1.82) is 0 Å². The Balaban J connectivity index is 0.00000159. The zero-order chi connectivity index (χ0) is 32.1. The van der Waals surface area contributed by atoms with Crippen molar-refractivity contribution in [2.45, 2.75) is 13.8 Å². The topological polar surface area (TPSA) is 61.3 Å². The molecular weight excluding hydrogens is 580 g/mol. The van der Waals surface area contributed by atoms with E-state index >= 15 is 0 Å². The minimum Gasteiger partial charge on any atom is -0.309 e. The van der Waals surface area contributed by atoms with E-state index in [4.69, 9.17) is 4.98 Å². The summed E-state index contributed by atoms with van der Waals surface area (Å²) in [6.07, 6.45) is 0. The SMILES string of the molecule is CC.O=c1c2cc(-c3ccc4c(c3)c3ccccc3n4-c3ccccc3)ccc2n2c(=O)c3ccccc3nc2n1-c1ccccc1. The zero-order valence-electron chi connectivity index (χ0n) is 26.0. The summed E-state index contributed by atoms with van der Waals surface area (Å²) in [7, 11) is 0. The molecule has 47 heavy (non-hydrogen) atoms. The van der Waals surface area contributed by atoms with Gasteiger partial charge in [0.25, 0.3) is 11.1 Å². The molecule has 3 aromatic heterocycles. The van der Waals surface area contributed by atoms with Crippen molar-refractivity contribution < 1.29 is 0 Å². The van der Waals surface area contributed by atoms with Crippen LogP contribution in [0.2, 0.25) is 0 Å². The molecule has 0 radical (unpaired) electrons. The number of benzene rings is 6. The maximum Gasteiger partial charge on any atom is 0.267 e. The van der Waals surface area contributed by atoms with Gasteiger partial charge < -0.3 is 4.57 Å². The van der Waals surface area contributed by atoms with Gasteiger partial charge >= 0.3 is 0 Å². The molecule has 6 heteroatoms. The fourth-order valence-electron chi connectivity index (χ4n) is 6.60. The van der Waals surface area contributed by atoms with Crippen LogP contribution in [-0.2, 0) is 0 Å². The maximum atomic E-state index is 14.3. The normalized spacial score (nSPS) is 11.4. The first-order valence-corrected chi connectivity index (χ1v) is 15.8. The average Bonchev–Trinajstić information content (AvgIpc) is 3.47. The van der Waals surface area contributed by atoms with Crippen LogP contribution in [0.4, 0.5) is 0 Å². The van der Waals surface area contributed by atoms with Gasteiger partial charge in [0.15, 0.2) is 0 Å². The van der Waals surface area contributed by atoms with Gasteiger partial charge in [0.05, 0.1) is 38.5 Å². The van der Waals surface area contributed by atoms with E-state index in [9.17, 15) is 9.59 Å². The van der Waals surface area contributed by atoms with Crippen LogP contribution < -0.4 is 11.1 Å². The first-order chi connectivity index (χ1) is 23.2. The minimum absolute atomic E-state index is 0.215. The number of hydrogen-bond acceptors (Lipinski definition) is 3. The molecule has 0 aliphatic heterocycles. The van der Waals surface area contributed by atoms with E-state index in [1.54, 1.807) is 16.5 Å². The molecule has 0 aliphatic carbocycles. The fourth-order valence-corrected chi connectivity index (χ4v) is 6.60. The first kappa shape index (κ1) is 28.2. The van der Waals surface area contributed by atoms with E-state index in [0.717, 1.165) is 38.6 Å². The third-order valence-electron chi connectivity index (χ3n) is 8.66. The Morgan fingerprint density at radius 1 is 0.447 bits per heavy atom. The standard InChI is InChI=1S/C39H24N4O2.C2H6/c44-37-30-16-7-9-17-33(30)40-39-42(28-13-5-2-6-14-28)38(45)32-24-26(20-22-36(32)43(37)39)25-19-21-35-31(23-25)29-15-8-10-18-34(29)41(35)27-11-3-1-4-12-27;1-2/h1-24H;1-2H3. The molecule has 9 aromatic rings. The van der Waals surface area contributed by atoms with Crippen LogP contribution in [0.5, 0.6) is 0 Å². The van der Waals surface area contributed by atoms with Crippen LogP contribution >= 0.6 is 0 Å². The Hall–Kier alpha value is -6.27. The van der Waals surface area contributed by atoms with Crippen LogP contribution in [0.1, 0.15) is 13.8 Å². The molecule has 0 unspecified atom stereocenters. The molecule has 0 saturated carbocycles. The molecular formula is C41H30N4O2. The van der Waals surface area contributed by atoms with Crippen molar-refractivity contribution in [3.05, 3.63) is 166 Å². The number of rotatable bonds is 3. The molecule has 6 nitrogen and oxygen atoms in total. The molecule has 226 valence electrons. The summed E-state index contributed by atoms with van der Waals surface area (Å²) in [6.45, 7) is 4.00. The van der Waals surface area contributed by atoms with Gasteiger partial charge in [-0.25, -0.2) is 14.0 Å². The smallest absolute Gasteiger partial charge is 0.267 e. The molecule has 0 aliphatic rings. The predicted octanol–water partition coefficient (Wildman–Crippen LogP) is 8.94. The second-order valence-electron chi connectivity index (χ2n) is 11.2. The van der Waals surface area contributed by atoms with Gasteiger partial charge in [-0.2, -0.15) is 0 Å². The summed E-state index contributed by atoms with van der Waals surface area (Å²) in [5.74, 6) is 0.283. The lowest BCUT2D eigenvalue weighted by Crippen LogP contribution is -2.28. The van der Waals surface area contributed by atoms with Gasteiger partial charge in [-0.05, 0) is 77.9 Å². The first-order valence-electron chi connectivity index (χ1n) is 15.8. The number of aromatic nitrogens is 4. The number of nitrogens with zero attached hydrogens (tertiary/aromatic N) is 4. The van der Waals surface area contributed by atoms with Crippen LogP contribution in [0.15, 0.2) is 155 Å².